The summed E-state index contributed by atoms with van der Waals surface area (Å²) in [5.74, 6) is 0.109. The Morgan fingerprint density at radius 2 is 1.64 bits per heavy atom. The summed E-state index contributed by atoms with van der Waals surface area (Å²) in [6.45, 7) is 1.61. The van der Waals surface area contributed by atoms with E-state index in [1.165, 1.54) is 4.90 Å². The Morgan fingerprint density at radius 1 is 0.964 bits per heavy atom. The molecule has 1 atom stereocenters. The number of carbonyl (C=O) groups excluding carboxylic acids is 2. The number of anilines is 2. The van der Waals surface area contributed by atoms with Crippen LogP contribution >= 0.6 is 0 Å². The third-order valence-corrected chi connectivity index (χ3v) is 4.66. The van der Waals surface area contributed by atoms with E-state index >= 15 is 0 Å². The molecule has 1 aliphatic rings. The summed E-state index contributed by atoms with van der Waals surface area (Å²) < 4.78 is 5.63. The lowest BCUT2D eigenvalue weighted by atomic mass is 10.0. The van der Waals surface area contributed by atoms with Crippen molar-refractivity contribution < 1.29 is 14.3 Å². The minimum Gasteiger partial charge on any atom is -0.479 e. The maximum Gasteiger partial charge on any atom is 0.268 e. The molecule has 0 radical (unpaired) electrons. The number of hydrogen-bond donors (Lipinski definition) is 1. The zero-order chi connectivity index (χ0) is 19.5. The minimum absolute atomic E-state index is 0.0767. The first-order chi connectivity index (χ1) is 13.6. The maximum absolute atomic E-state index is 12.8. The van der Waals surface area contributed by atoms with Crippen molar-refractivity contribution in [2.45, 2.75) is 13.0 Å². The van der Waals surface area contributed by atoms with Crippen LogP contribution in [0.5, 0.6) is 5.75 Å². The Hall–Kier alpha value is -3.60. The summed E-state index contributed by atoms with van der Waals surface area (Å²) in [4.78, 5) is 26.8. The standard InChI is InChI=1S/C23H20N2O3/c1-16-23(27)25(20-13-7-8-14-21(20)28-16)15-22(26)24-19-12-6-5-11-18(19)17-9-3-2-4-10-17/h2-14,16H,15H2,1H3,(H,24,26). The van der Waals surface area contributed by atoms with Gasteiger partial charge in [0, 0.05) is 11.3 Å². The van der Waals surface area contributed by atoms with Gasteiger partial charge in [-0.25, -0.2) is 0 Å². The lowest BCUT2D eigenvalue weighted by Crippen LogP contribution is -2.47. The third kappa shape index (κ3) is 3.47. The van der Waals surface area contributed by atoms with Crippen molar-refractivity contribution >= 4 is 23.2 Å². The van der Waals surface area contributed by atoms with Gasteiger partial charge < -0.3 is 10.1 Å². The molecule has 0 fully saturated rings. The molecular formula is C23H20N2O3. The number of hydrogen-bond acceptors (Lipinski definition) is 3. The number of amides is 2. The van der Waals surface area contributed by atoms with Gasteiger partial charge in [-0.1, -0.05) is 60.7 Å². The van der Waals surface area contributed by atoms with Gasteiger partial charge in [-0.15, -0.1) is 0 Å². The third-order valence-electron chi connectivity index (χ3n) is 4.66. The first-order valence-corrected chi connectivity index (χ1v) is 9.15. The average Bonchev–Trinajstić information content (AvgIpc) is 2.72. The second-order valence-corrected chi connectivity index (χ2v) is 6.61. The van der Waals surface area contributed by atoms with Crippen LogP contribution < -0.4 is 15.0 Å². The van der Waals surface area contributed by atoms with Crippen molar-refractivity contribution in [2.24, 2.45) is 0 Å². The Morgan fingerprint density at radius 3 is 2.46 bits per heavy atom. The highest BCUT2D eigenvalue weighted by atomic mass is 16.5. The van der Waals surface area contributed by atoms with Gasteiger partial charge in [-0.3, -0.25) is 14.5 Å². The van der Waals surface area contributed by atoms with Crippen LogP contribution in [0.2, 0.25) is 0 Å². The van der Waals surface area contributed by atoms with Crippen LogP contribution in [-0.2, 0) is 9.59 Å². The normalized spacial score (nSPS) is 15.5. The molecule has 4 rings (SSSR count). The van der Waals surface area contributed by atoms with Gasteiger partial charge in [0.25, 0.3) is 5.91 Å². The quantitative estimate of drug-likeness (QED) is 0.750. The van der Waals surface area contributed by atoms with Crippen molar-refractivity contribution in [3.63, 3.8) is 0 Å². The van der Waals surface area contributed by atoms with E-state index in [9.17, 15) is 9.59 Å². The first-order valence-electron chi connectivity index (χ1n) is 9.15. The molecule has 2 amide bonds. The number of para-hydroxylation sites is 3. The van der Waals surface area contributed by atoms with Gasteiger partial charge in [0.2, 0.25) is 5.91 Å². The molecule has 0 aromatic heterocycles. The van der Waals surface area contributed by atoms with Crippen LogP contribution in [0, 0.1) is 0 Å². The van der Waals surface area contributed by atoms with Crippen LogP contribution in [0.25, 0.3) is 11.1 Å². The summed E-state index contributed by atoms with van der Waals surface area (Å²) in [6, 6.07) is 24.7. The molecule has 5 heteroatoms. The van der Waals surface area contributed by atoms with Crippen LogP contribution in [0.15, 0.2) is 78.9 Å². The number of nitrogens with one attached hydrogen (secondary N) is 1. The van der Waals surface area contributed by atoms with Gasteiger partial charge in [0.1, 0.15) is 12.3 Å². The van der Waals surface area contributed by atoms with Gasteiger partial charge >= 0.3 is 0 Å². The SMILES string of the molecule is CC1Oc2ccccc2N(CC(=O)Nc2ccccc2-c2ccccc2)C1=O. The molecule has 0 spiro atoms. The van der Waals surface area contributed by atoms with Gasteiger partial charge in [-0.05, 0) is 30.7 Å². The zero-order valence-electron chi connectivity index (χ0n) is 15.5. The van der Waals surface area contributed by atoms with E-state index in [1.807, 2.05) is 66.7 Å². The summed E-state index contributed by atoms with van der Waals surface area (Å²) in [5.41, 5.74) is 3.26. The Balaban J connectivity index is 1.57. The number of ether oxygens (including phenoxy) is 1. The van der Waals surface area contributed by atoms with E-state index in [1.54, 1.807) is 19.1 Å². The number of fused-ring (bicyclic) bond motifs is 1. The predicted molar refractivity (Wildman–Crippen MR) is 109 cm³/mol. The predicted octanol–water partition coefficient (Wildman–Crippen LogP) is 4.11. The lowest BCUT2D eigenvalue weighted by molar-refractivity contribution is -0.127. The highest BCUT2D eigenvalue weighted by Gasteiger charge is 2.32. The van der Waals surface area contributed by atoms with Gasteiger partial charge in [0.05, 0.1) is 5.69 Å². The fraction of sp³-hybridized carbons (Fsp3) is 0.130. The maximum atomic E-state index is 12.8. The largest absolute Gasteiger partial charge is 0.479 e. The second-order valence-electron chi connectivity index (χ2n) is 6.61. The number of carbonyl (C=O) groups is 2. The van der Waals surface area contributed by atoms with E-state index in [2.05, 4.69) is 5.32 Å². The zero-order valence-corrected chi connectivity index (χ0v) is 15.5. The molecule has 0 saturated heterocycles. The summed E-state index contributed by atoms with van der Waals surface area (Å²) in [5, 5.41) is 2.95. The number of nitrogens with zero attached hydrogens (tertiary/aromatic N) is 1. The highest BCUT2D eigenvalue weighted by Crippen LogP contribution is 2.33. The first kappa shape index (κ1) is 17.8. The molecular weight excluding hydrogens is 352 g/mol. The molecule has 140 valence electrons. The van der Waals surface area contributed by atoms with Crippen LogP contribution in [0.1, 0.15) is 6.92 Å². The smallest absolute Gasteiger partial charge is 0.268 e. The molecule has 0 bridgehead atoms. The molecule has 0 saturated carbocycles. The summed E-state index contributed by atoms with van der Waals surface area (Å²) >= 11 is 0. The number of rotatable bonds is 4. The molecule has 1 N–H and O–H groups in total. The van der Waals surface area contributed by atoms with E-state index < -0.39 is 6.10 Å². The minimum atomic E-state index is -0.626. The van der Waals surface area contributed by atoms with Crippen molar-refractivity contribution in [3.8, 4) is 16.9 Å². The van der Waals surface area contributed by atoms with Crippen LogP contribution in [-0.4, -0.2) is 24.5 Å². The Kier molecular flexibility index (Phi) is 4.81. The highest BCUT2D eigenvalue weighted by molar-refractivity contribution is 6.06. The van der Waals surface area contributed by atoms with Crippen molar-refractivity contribution in [2.75, 3.05) is 16.8 Å². The molecule has 3 aromatic carbocycles. The van der Waals surface area contributed by atoms with E-state index in [4.69, 9.17) is 4.74 Å². The average molecular weight is 372 g/mol. The van der Waals surface area contributed by atoms with Crippen molar-refractivity contribution in [1.82, 2.24) is 0 Å². The molecule has 3 aromatic rings. The van der Waals surface area contributed by atoms with Gasteiger partial charge in [-0.2, -0.15) is 0 Å². The van der Waals surface area contributed by atoms with Crippen molar-refractivity contribution in [3.05, 3.63) is 78.9 Å². The Labute approximate surface area is 163 Å². The summed E-state index contributed by atoms with van der Waals surface area (Å²) in [6.07, 6.45) is -0.626. The number of benzene rings is 3. The summed E-state index contributed by atoms with van der Waals surface area (Å²) in [7, 11) is 0. The fourth-order valence-corrected chi connectivity index (χ4v) is 3.32. The Bertz CT molecular complexity index is 1020. The van der Waals surface area contributed by atoms with E-state index in [0.717, 1.165) is 11.1 Å². The van der Waals surface area contributed by atoms with E-state index in [-0.39, 0.29) is 18.4 Å². The fourth-order valence-electron chi connectivity index (χ4n) is 3.32. The second kappa shape index (κ2) is 7.56. The van der Waals surface area contributed by atoms with E-state index in [0.29, 0.717) is 17.1 Å². The molecule has 1 heterocycles. The molecule has 0 aliphatic carbocycles. The molecule has 5 nitrogen and oxygen atoms in total. The lowest BCUT2D eigenvalue weighted by Gasteiger charge is -2.32. The topological polar surface area (TPSA) is 58.6 Å². The molecule has 1 unspecified atom stereocenters. The molecule has 1 aliphatic heterocycles. The monoisotopic (exact) mass is 372 g/mol. The van der Waals surface area contributed by atoms with Crippen LogP contribution in [0.4, 0.5) is 11.4 Å². The van der Waals surface area contributed by atoms with Crippen LogP contribution in [0.3, 0.4) is 0 Å². The van der Waals surface area contributed by atoms with Crippen molar-refractivity contribution in [1.29, 1.82) is 0 Å². The van der Waals surface area contributed by atoms with Gasteiger partial charge in [0.15, 0.2) is 6.10 Å². The molecule has 28 heavy (non-hydrogen) atoms.